The molecule has 0 unspecified atom stereocenters. The molecule has 0 aromatic heterocycles. The standard InChI is InChI=1S/C14H17N3O2/c1-2-7-16-14(19)10-17-13(18)8-11-3-5-12(9-15)6-4-11/h3-6H,2,7-8,10H2,1H3,(H,16,19)(H,17,18). The van der Waals surface area contributed by atoms with Crippen molar-refractivity contribution in [3.8, 4) is 6.07 Å². The highest BCUT2D eigenvalue weighted by Crippen LogP contribution is 2.03. The Labute approximate surface area is 112 Å². The van der Waals surface area contributed by atoms with E-state index in [0.717, 1.165) is 12.0 Å². The molecule has 2 N–H and O–H groups in total. The lowest BCUT2D eigenvalue weighted by Gasteiger charge is -2.06. The Morgan fingerprint density at radius 1 is 1.16 bits per heavy atom. The fourth-order valence-electron chi connectivity index (χ4n) is 1.45. The van der Waals surface area contributed by atoms with Crippen molar-refractivity contribution in [3.05, 3.63) is 35.4 Å². The molecule has 0 heterocycles. The largest absolute Gasteiger partial charge is 0.355 e. The summed E-state index contributed by atoms with van der Waals surface area (Å²) in [6.45, 7) is 2.57. The molecule has 0 bridgehead atoms. The van der Waals surface area contributed by atoms with Crippen molar-refractivity contribution < 1.29 is 9.59 Å². The Hall–Kier alpha value is -2.35. The molecule has 0 atom stereocenters. The molecule has 5 heteroatoms. The lowest BCUT2D eigenvalue weighted by molar-refractivity contribution is -0.125. The van der Waals surface area contributed by atoms with Crippen LogP contribution >= 0.6 is 0 Å². The quantitative estimate of drug-likeness (QED) is 0.790. The average Bonchev–Trinajstić information content (AvgIpc) is 2.43. The van der Waals surface area contributed by atoms with Crippen LogP contribution in [0.1, 0.15) is 24.5 Å². The van der Waals surface area contributed by atoms with Crippen molar-refractivity contribution in [2.24, 2.45) is 0 Å². The zero-order valence-corrected chi connectivity index (χ0v) is 10.9. The van der Waals surface area contributed by atoms with Crippen LogP contribution in [0.15, 0.2) is 24.3 Å². The fraction of sp³-hybridized carbons (Fsp3) is 0.357. The van der Waals surface area contributed by atoms with Gasteiger partial charge in [-0.05, 0) is 24.1 Å². The van der Waals surface area contributed by atoms with Gasteiger partial charge in [0.15, 0.2) is 0 Å². The zero-order valence-electron chi connectivity index (χ0n) is 10.9. The van der Waals surface area contributed by atoms with Crippen LogP contribution in [-0.2, 0) is 16.0 Å². The number of benzene rings is 1. The molecule has 0 aliphatic carbocycles. The summed E-state index contributed by atoms with van der Waals surface area (Å²) in [6.07, 6.45) is 1.07. The Morgan fingerprint density at radius 3 is 2.42 bits per heavy atom. The molecule has 100 valence electrons. The van der Waals surface area contributed by atoms with Gasteiger partial charge in [0.2, 0.25) is 11.8 Å². The summed E-state index contributed by atoms with van der Waals surface area (Å²) < 4.78 is 0. The predicted molar refractivity (Wildman–Crippen MR) is 71.2 cm³/mol. The normalized spacial score (nSPS) is 9.47. The van der Waals surface area contributed by atoms with E-state index >= 15 is 0 Å². The van der Waals surface area contributed by atoms with Crippen molar-refractivity contribution in [2.45, 2.75) is 19.8 Å². The lowest BCUT2D eigenvalue weighted by atomic mass is 10.1. The fourth-order valence-corrected chi connectivity index (χ4v) is 1.45. The van der Waals surface area contributed by atoms with Crippen LogP contribution in [0, 0.1) is 11.3 Å². The Balaban J connectivity index is 2.34. The molecule has 0 fully saturated rings. The molecule has 0 saturated carbocycles. The van der Waals surface area contributed by atoms with Crippen molar-refractivity contribution >= 4 is 11.8 Å². The molecule has 1 rings (SSSR count). The van der Waals surface area contributed by atoms with Crippen molar-refractivity contribution in [3.63, 3.8) is 0 Å². The minimum absolute atomic E-state index is 0.00485. The first kappa shape index (κ1) is 14.7. The van der Waals surface area contributed by atoms with E-state index in [9.17, 15) is 9.59 Å². The SMILES string of the molecule is CCCNC(=O)CNC(=O)Cc1ccc(C#N)cc1. The zero-order chi connectivity index (χ0) is 14.1. The molecule has 0 saturated heterocycles. The molecular weight excluding hydrogens is 242 g/mol. The maximum atomic E-state index is 11.6. The van der Waals surface area contributed by atoms with Gasteiger partial charge in [-0.25, -0.2) is 0 Å². The second-order valence-corrected chi connectivity index (χ2v) is 4.11. The minimum atomic E-state index is -0.212. The van der Waals surface area contributed by atoms with Gasteiger partial charge < -0.3 is 10.6 Å². The van der Waals surface area contributed by atoms with Crippen molar-refractivity contribution in [1.82, 2.24) is 10.6 Å². The molecule has 0 radical (unpaired) electrons. The van der Waals surface area contributed by atoms with Crippen LogP contribution in [0.3, 0.4) is 0 Å². The van der Waals surface area contributed by atoms with E-state index in [2.05, 4.69) is 10.6 Å². The van der Waals surface area contributed by atoms with E-state index in [4.69, 9.17) is 5.26 Å². The Bertz CT molecular complexity index is 474. The summed E-state index contributed by atoms with van der Waals surface area (Å²) in [6, 6.07) is 8.80. The number of hydrogen-bond acceptors (Lipinski definition) is 3. The lowest BCUT2D eigenvalue weighted by Crippen LogP contribution is -2.37. The van der Waals surface area contributed by atoms with Crippen LogP contribution in [0.4, 0.5) is 0 Å². The van der Waals surface area contributed by atoms with E-state index in [0.29, 0.717) is 12.1 Å². The predicted octanol–water partition coefficient (Wildman–Crippen LogP) is 0.743. The third-order valence-corrected chi connectivity index (χ3v) is 2.47. The Morgan fingerprint density at radius 2 is 1.84 bits per heavy atom. The summed E-state index contributed by atoms with van der Waals surface area (Å²) in [5, 5.41) is 13.9. The van der Waals surface area contributed by atoms with Gasteiger partial charge in [0.25, 0.3) is 0 Å². The van der Waals surface area contributed by atoms with Gasteiger partial charge in [-0.3, -0.25) is 9.59 Å². The van der Waals surface area contributed by atoms with Crippen molar-refractivity contribution in [2.75, 3.05) is 13.1 Å². The molecular formula is C14H17N3O2. The van der Waals surface area contributed by atoms with Crippen LogP contribution in [0.2, 0.25) is 0 Å². The molecule has 0 aliphatic rings. The van der Waals surface area contributed by atoms with Crippen LogP contribution in [0.5, 0.6) is 0 Å². The highest BCUT2D eigenvalue weighted by molar-refractivity contribution is 5.85. The van der Waals surface area contributed by atoms with Gasteiger partial charge in [0.1, 0.15) is 0 Å². The van der Waals surface area contributed by atoms with Gasteiger partial charge in [-0.15, -0.1) is 0 Å². The van der Waals surface area contributed by atoms with Gasteiger partial charge in [0, 0.05) is 6.54 Å². The van der Waals surface area contributed by atoms with Crippen molar-refractivity contribution in [1.29, 1.82) is 5.26 Å². The summed E-state index contributed by atoms with van der Waals surface area (Å²) in [4.78, 5) is 22.9. The van der Waals surface area contributed by atoms with Gasteiger partial charge in [-0.2, -0.15) is 5.26 Å². The van der Waals surface area contributed by atoms with E-state index in [1.54, 1.807) is 24.3 Å². The van der Waals surface area contributed by atoms with Crippen LogP contribution in [-0.4, -0.2) is 24.9 Å². The first-order valence-corrected chi connectivity index (χ1v) is 6.18. The monoisotopic (exact) mass is 259 g/mol. The molecule has 1 aromatic carbocycles. The second-order valence-electron chi connectivity index (χ2n) is 4.11. The first-order chi connectivity index (χ1) is 9.15. The van der Waals surface area contributed by atoms with Gasteiger partial charge in [-0.1, -0.05) is 19.1 Å². The number of carbonyl (C=O) groups is 2. The molecule has 0 spiro atoms. The first-order valence-electron chi connectivity index (χ1n) is 6.18. The number of carbonyl (C=O) groups excluding carboxylic acids is 2. The van der Waals surface area contributed by atoms with E-state index < -0.39 is 0 Å². The highest BCUT2D eigenvalue weighted by atomic mass is 16.2. The number of hydrogen-bond donors (Lipinski definition) is 2. The second kappa shape index (κ2) is 7.88. The summed E-state index contributed by atoms with van der Waals surface area (Å²) in [5.74, 6) is -0.397. The maximum absolute atomic E-state index is 11.6. The average molecular weight is 259 g/mol. The number of amides is 2. The van der Waals surface area contributed by atoms with Crippen LogP contribution in [0.25, 0.3) is 0 Å². The molecule has 0 aliphatic heterocycles. The topological polar surface area (TPSA) is 82.0 Å². The Kier molecular flexibility index (Phi) is 6.10. The summed E-state index contributed by atoms with van der Waals surface area (Å²) >= 11 is 0. The number of rotatable bonds is 6. The minimum Gasteiger partial charge on any atom is -0.355 e. The molecule has 19 heavy (non-hydrogen) atoms. The molecule has 1 aromatic rings. The third-order valence-electron chi connectivity index (χ3n) is 2.47. The van der Waals surface area contributed by atoms with E-state index in [1.165, 1.54) is 0 Å². The van der Waals surface area contributed by atoms with Gasteiger partial charge in [0.05, 0.1) is 24.6 Å². The van der Waals surface area contributed by atoms with E-state index in [1.807, 2.05) is 13.0 Å². The van der Waals surface area contributed by atoms with Crippen LogP contribution < -0.4 is 10.6 Å². The summed E-state index contributed by atoms with van der Waals surface area (Å²) in [7, 11) is 0. The van der Waals surface area contributed by atoms with E-state index in [-0.39, 0.29) is 24.8 Å². The number of nitriles is 1. The summed E-state index contributed by atoms with van der Waals surface area (Å²) in [5.41, 5.74) is 1.37. The number of nitrogens with zero attached hydrogens (tertiary/aromatic N) is 1. The maximum Gasteiger partial charge on any atom is 0.239 e. The highest BCUT2D eigenvalue weighted by Gasteiger charge is 2.06. The number of nitrogens with one attached hydrogen (secondary N) is 2. The molecule has 5 nitrogen and oxygen atoms in total. The third kappa shape index (κ3) is 5.68. The smallest absolute Gasteiger partial charge is 0.239 e. The van der Waals surface area contributed by atoms with Gasteiger partial charge >= 0.3 is 0 Å². The molecule has 2 amide bonds.